The summed E-state index contributed by atoms with van der Waals surface area (Å²) in [5.41, 5.74) is -0.616. The highest BCUT2D eigenvalue weighted by molar-refractivity contribution is 5.67. The SMILES string of the molecule is CC(C)(C)OC(=O)NCCCCCCCCCCCN[C@](C)(O)c1ccc(O)c(CO)c1. The summed E-state index contributed by atoms with van der Waals surface area (Å²) in [4.78, 5) is 11.5. The summed E-state index contributed by atoms with van der Waals surface area (Å²) in [6.07, 6.45) is 9.86. The van der Waals surface area contributed by atoms with Crippen LogP contribution in [0.2, 0.25) is 0 Å². The maximum atomic E-state index is 11.5. The highest BCUT2D eigenvalue weighted by Gasteiger charge is 2.22. The van der Waals surface area contributed by atoms with E-state index >= 15 is 0 Å². The largest absolute Gasteiger partial charge is 0.508 e. The molecule has 0 unspecified atom stereocenters. The van der Waals surface area contributed by atoms with Crippen molar-refractivity contribution in [1.82, 2.24) is 10.6 Å². The van der Waals surface area contributed by atoms with Gasteiger partial charge in [-0.2, -0.15) is 0 Å². The van der Waals surface area contributed by atoms with Crippen molar-refractivity contribution in [3.63, 3.8) is 0 Å². The standard InChI is InChI=1S/C25H44N2O5/c1-24(2,3)32-23(30)26-16-12-10-8-6-5-7-9-11-13-17-27-25(4,31)21-14-15-22(29)20(18-21)19-28/h14-15,18,27-29,31H,5-13,16-17,19H2,1-4H3,(H,26,30)/t25-/m1/s1. The van der Waals surface area contributed by atoms with Crippen LogP contribution in [0.25, 0.3) is 0 Å². The number of alkyl carbamates (subject to hydrolysis) is 1. The van der Waals surface area contributed by atoms with Gasteiger partial charge < -0.3 is 25.4 Å². The lowest BCUT2D eigenvalue weighted by Gasteiger charge is -2.26. The minimum absolute atomic E-state index is 0.0320. The predicted octanol–water partition coefficient (Wildman–Crippen LogP) is 4.67. The van der Waals surface area contributed by atoms with Crippen LogP contribution in [0, 0.1) is 0 Å². The molecule has 0 spiro atoms. The number of unbranched alkanes of at least 4 members (excludes halogenated alkanes) is 8. The van der Waals surface area contributed by atoms with Crippen molar-refractivity contribution in [2.45, 2.75) is 103 Å². The number of aliphatic hydroxyl groups is 2. The Balaban J connectivity index is 2.00. The molecule has 0 radical (unpaired) electrons. The van der Waals surface area contributed by atoms with Crippen molar-refractivity contribution < 1.29 is 24.9 Å². The summed E-state index contributed by atoms with van der Waals surface area (Å²) in [6.45, 7) is 8.36. The number of hydrogen-bond donors (Lipinski definition) is 5. The molecule has 0 saturated carbocycles. The van der Waals surface area contributed by atoms with E-state index in [4.69, 9.17) is 4.74 Å². The van der Waals surface area contributed by atoms with Crippen molar-refractivity contribution >= 4 is 6.09 Å². The molecule has 0 aliphatic carbocycles. The summed E-state index contributed by atoms with van der Waals surface area (Å²) >= 11 is 0. The zero-order chi connectivity index (χ0) is 24.0. The van der Waals surface area contributed by atoms with E-state index < -0.39 is 11.3 Å². The molecule has 0 bridgehead atoms. The second-order valence-corrected chi connectivity index (χ2v) is 9.61. The first-order valence-electron chi connectivity index (χ1n) is 11.9. The first-order valence-corrected chi connectivity index (χ1v) is 11.9. The fraction of sp³-hybridized carbons (Fsp3) is 0.720. The number of aromatic hydroxyl groups is 1. The number of amides is 1. The molecule has 1 amide bonds. The van der Waals surface area contributed by atoms with Crippen molar-refractivity contribution in [2.24, 2.45) is 0 Å². The first-order chi connectivity index (χ1) is 15.0. The molecule has 0 aliphatic rings. The maximum Gasteiger partial charge on any atom is 0.407 e. The zero-order valence-corrected chi connectivity index (χ0v) is 20.4. The van der Waals surface area contributed by atoms with Gasteiger partial charge in [0.15, 0.2) is 0 Å². The fourth-order valence-corrected chi connectivity index (χ4v) is 3.44. The molecule has 0 saturated heterocycles. The summed E-state index contributed by atoms with van der Waals surface area (Å²) in [5, 5.41) is 35.5. The number of aliphatic hydroxyl groups excluding tert-OH is 1. The Morgan fingerprint density at radius 3 is 1.97 bits per heavy atom. The van der Waals surface area contributed by atoms with E-state index in [0.29, 0.717) is 24.2 Å². The molecule has 0 aliphatic heterocycles. The molecule has 5 N–H and O–H groups in total. The van der Waals surface area contributed by atoms with E-state index in [1.54, 1.807) is 19.1 Å². The molecule has 184 valence electrons. The Kier molecular flexibility index (Phi) is 12.6. The summed E-state index contributed by atoms with van der Waals surface area (Å²) in [7, 11) is 0. The van der Waals surface area contributed by atoms with Crippen molar-refractivity contribution in [1.29, 1.82) is 0 Å². The van der Waals surface area contributed by atoms with Crippen LogP contribution in [-0.4, -0.2) is 40.1 Å². The van der Waals surface area contributed by atoms with Crippen LogP contribution in [0.5, 0.6) is 5.75 Å². The molecule has 32 heavy (non-hydrogen) atoms. The lowest BCUT2D eigenvalue weighted by atomic mass is 10.0. The lowest BCUT2D eigenvalue weighted by Crippen LogP contribution is -2.39. The summed E-state index contributed by atoms with van der Waals surface area (Å²) in [6, 6.07) is 4.78. The third-order valence-corrected chi connectivity index (χ3v) is 5.30. The molecular formula is C25H44N2O5. The van der Waals surface area contributed by atoms with Gasteiger partial charge >= 0.3 is 6.09 Å². The number of rotatable bonds is 15. The van der Waals surface area contributed by atoms with Gasteiger partial charge in [0.1, 0.15) is 17.1 Å². The van der Waals surface area contributed by atoms with E-state index in [-0.39, 0.29) is 18.4 Å². The van der Waals surface area contributed by atoms with Gasteiger partial charge in [-0.1, -0.05) is 51.0 Å². The van der Waals surface area contributed by atoms with Gasteiger partial charge in [-0.3, -0.25) is 5.32 Å². The third kappa shape index (κ3) is 12.3. The average Bonchev–Trinajstić information content (AvgIpc) is 2.70. The number of nitrogens with one attached hydrogen (secondary N) is 2. The lowest BCUT2D eigenvalue weighted by molar-refractivity contribution is 0.0196. The maximum absolute atomic E-state index is 11.5. The third-order valence-electron chi connectivity index (χ3n) is 5.30. The van der Waals surface area contributed by atoms with E-state index in [0.717, 1.165) is 25.7 Å². The predicted molar refractivity (Wildman–Crippen MR) is 127 cm³/mol. The van der Waals surface area contributed by atoms with Crippen LogP contribution >= 0.6 is 0 Å². The first kappa shape index (κ1) is 28.2. The molecule has 1 aromatic rings. The molecule has 0 aromatic heterocycles. The van der Waals surface area contributed by atoms with E-state index in [2.05, 4.69) is 10.6 Å². The van der Waals surface area contributed by atoms with Crippen molar-refractivity contribution in [2.75, 3.05) is 13.1 Å². The molecule has 0 fully saturated rings. The van der Waals surface area contributed by atoms with Gasteiger partial charge in [0.05, 0.1) is 6.61 Å². The monoisotopic (exact) mass is 452 g/mol. The Labute approximate surface area is 193 Å². The number of carbonyl (C=O) groups excluding carboxylic acids is 1. The van der Waals surface area contributed by atoms with Crippen LogP contribution in [-0.2, 0) is 17.1 Å². The molecule has 1 atom stereocenters. The van der Waals surface area contributed by atoms with Crippen molar-refractivity contribution in [3.8, 4) is 5.75 Å². The highest BCUT2D eigenvalue weighted by Crippen LogP contribution is 2.24. The molecule has 7 nitrogen and oxygen atoms in total. The second kappa shape index (κ2) is 14.3. The van der Waals surface area contributed by atoms with Gasteiger partial charge in [0.2, 0.25) is 0 Å². The number of phenols is 1. The fourth-order valence-electron chi connectivity index (χ4n) is 3.44. The highest BCUT2D eigenvalue weighted by atomic mass is 16.6. The topological polar surface area (TPSA) is 111 Å². The van der Waals surface area contributed by atoms with Gasteiger partial charge in [-0.15, -0.1) is 0 Å². The van der Waals surface area contributed by atoms with Crippen LogP contribution in [0.1, 0.15) is 96.6 Å². The Hall–Kier alpha value is -1.83. The van der Waals surface area contributed by atoms with Crippen LogP contribution in [0.3, 0.4) is 0 Å². The second-order valence-electron chi connectivity index (χ2n) is 9.61. The zero-order valence-electron chi connectivity index (χ0n) is 20.4. The van der Waals surface area contributed by atoms with Crippen LogP contribution in [0.4, 0.5) is 4.79 Å². The molecule has 1 aromatic carbocycles. The molecule has 7 heteroatoms. The van der Waals surface area contributed by atoms with E-state index in [1.165, 1.54) is 38.2 Å². The van der Waals surface area contributed by atoms with Gasteiger partial charge in [-0.05, 0) is 64.8 Å². The number of ether oxygens (including phenoxy) is 1. The van der Waals surface area contributed by atoms with E-state index in [1.807, 2.05) is 20.8 Å². The smallest absolute Gasteiger partial charge is 0.407 e. The Morgan fingerprint density at radius 1 is 0.906 bits per heavy atom. The number of benzene rings is 1. The summed E-state index contributed by atoms with van der Waals surface area (Å²) < 4.78 is 5.21. The minimum Gasteiger partial charge on any atom is -0.508 e. The van der Waals surface area contributed by atoms with Crippen LogP contribution in [0.15, 0.2) is 18.2 Å². The van der Waals surface area contributed by atoms with Gasteiger partial charge in [-0.25, -0.2) is 4.79 Å². The number of carbonyl (C=O) groups is 1. The Morgan fingerprint density at radius 2 is 1.44 bits per heavy atom. The van der Waals surface area contributed by atoms with Crippen LogP contribution < -0.4 is 10.6 Å². The number of hydrogen-bond acceptors (Lipinski definition) is 6. The normalized spacial score (nSPS) is 13.6. The van der Waals surface area contributed by atoms with Gasteiger partial charge in [0, 0.05) is 12.1 Å². The molecular weight excluding hydrogens is 408 g/mol. The van der Waals surface area contributed by atoms with E-state index in [9.17, 15) is 20.1 Å². The molecule has 0 heterocycles. The van der Waals surface area contributed by atoms with Crippen molar-refractivity contribution in [3.05, 3.63) is 29.3 Å². The summed E-state index contributed by atoms with van der Waals surface area (Å²) in [5.74, 6) is 0.0320. The molecule has 1 rings (SSSR count). The quantitative estimate of drug-likeness (QED) is 0.195. The van der Waals surface area contributed by atoms with Gasteiger partial charge in [0.25, 0.3) is 0 Å². The average molecular weight is 453 g/mol. The minimum atomic E-state index is -1.20. The Bertz CT molecular complexity index is 671.